The Morgan fingerprint density at radius 2 is 2.00 bits per heavy atom. The molecule has 3 nitrogen and oxygen atoms in total. The molecule has 0 saturated heterocycles. The van der Waals surface area contributed by atoms with Crippen LogP contribution < -0.4 is 4.90 Å². The second kappa shape index (κ2) is 4.51. The van der Waals surface area contributed by atoms with Gasteiger partial charge in [-0.15, -0.1) is 0 Å². The zero-order valence-electron chi connectivity index (χ0n) is 13.0. The van der Waals surface area contributed by atoms with Gasteiger partial charge in [0.25, 0.3) is 0 Å². The SMILES string of the molecule is CC(C)(C)OC(=O)N1c2cc(Cl)ccc2C2C3C=CC(C3)C21. The van der Waals surface area contributed by atoms with Gasteiger partial charge in [0.2, 0.25) is 0 Å². The molecule has 0 spiro atoms. The van der Waals surface area contributed by atoms with Crippen LogP contribution in [0.3, 0.4) is 0 Å². The summed E-state index contributed by atoms with van der Waals surface area (Å²) in [5.74, 6) is 1.34. The third-order valence-corrected chi connectivity index (χ3v) is 5.15. The maximum absolute atomic E-state index is 12.8. The van der Waals surface area contributed by atoms with E-state index in [4.69, 9.17) is 16.3 Å². The molecule has 2 aliphatic carbocycles. The van der Waals surface area contributed by atoms with Crippen molar-refractivity contribution in [2.75, 3.05) is 4.90 Å². The first kappa shape index (κ1) is 14.1. The third-order valence-electron chi connectivity index (χ3n) is 4.92. The summed E-state index contributed by atoms with van der Waals surface area (Å²) >= 11 is 6.18. The maximum atomic E-state index is 12.8. The number of carbonyl (C=O) groups is 1. The molecule has 3 aliphatic rings. The molecule has 1 heterocycles. The van der Waals surface area contributed by atoms with Crippen molar-refractivity contribution in [2.45, 2.75) is 44.8 Å². The van der Waals surface area contributed by atoms with E-state index in [2.05, 4.69) is 18.2 Å². The van der Waals surface area contributed by atoms with Crippen molar-refractivity contribution in [3.63, 3.8) is 0 Å². The van der Waals surface area contributed by atoms with Crippen molar-refractivity contribution in [3.05, 3.63) is 40.9 Å². The molecule has 2 bridgehead atoms. The van der Waals surface area contributed by atoms with Crippen LogP contribution in [0, 0.1) is 11.8 Å². The van der Waals surface area contributed by atoms with Crippen molar-refractivity contribution in [1.29, 1.82) is 0 Å². The van der Waals surface area contributed by atoms with Crippen LogP contribution in [0.1, 0.15) is 38.7 Å². The van der Waals surface area contributed by atoms with Gasteiger partial charge in [0.1, 0.15) is 5.60 Å². The van der Waals surface area contributed by atoms with E-state index in [1.165, 1.54) is 5.56 Å². The van der Waals surface area contributed by atoms with Crippen LogP contribution >= 0.6 is 11.6 Å². The number of halogens is 1. The van der Waals surface area contributed by atoms with Crippen LogP contribution in [0.2, 0.25) is 5.02 Å². The normalized spacial score (nSPS) is 31.4. The van der Waals surface area contributed by atoms with E-state index >= 15 is 0 Å². The topological polar surface area (TPSA) is 29.5 Å². The molecule has 0 radical (unpaired) electrons. The van der Waals surface area contributed by atoms with Gasteiger partial charge in [-0.2, -0.15) is 0 Å². The first-order chi connectivity index (χ1) is 10.3. The fourth-order valence-corrected chi connectivity index (χ4v) is 4.43. The Hall–Kier alpha value is -1.48. The Labute approximate surface area is 135 Å². The molecule has 1 aliphatic heterocycles. The lowest BCUT2D eigenvalue weighted by Gasteiger charge is -2.32. The Kier molecular flexibility index (Phi) is 2.90. The predicted molar refractivity (Wildman–Crippen MR) is 87.4 cm³/mol. The summed E-state index contributed by atoms with van der Waals surface area (Å²) in [5.41, 5.74) is 1.66. The van der Waals surface area contributed by atoms with Gasteiger partial charge in [0.05, 0.1) is 11.7 Å². The van der Waals surface area contributed by atoms with Gasteiger partial charge in [0, 0.05) is 10.9 Å². The molecule has 1 saturated carbocycles. The van der Waals surface area contributed by atoms with Crippen molar-refractivity contribution >= 4 is 23.4 Å². The lowest BCUT2D eigenvalue weighted by molar-refractivity contribution is 0.0563. The molecule has 116 valence electrons. The standard InChI is InChI=1S/C18H20ClNO2/c1-18(2,3)22-17(21)20-14-9-12(19)6-7-13(14)15-10-4-5-11(8-10)16(15)20/h4-7,9-11,15-16H,8H2,1-3H3. The van der Waals surface area contributed by atoms with E-state index in [1.807, 2.05) is 37.8 Å². The fraction of sp³-hybridized carbons (Fsp3) is 0.500. The Bertz CT molecular complexity index is 676. The molecule has 4 unspecified atom stereocenters. The predicted octanol–water partition coefficient (Wildman–Crippen LogP) is 4.75. The zero-order chi connectivity index (χ0) is 15.6. The van der Waals surface area contributed by atoms with Gasteiger partial charge < -0.3 is 4.74 Å². The highest BCUT2D eigenvalue weighted by Gasteiger charge is 2.55. The minimum absolute atomic E-state index is 0.179. The molecule has 1 aromatic carbocycles. The molecule has 4 atom stereocenters. The number of hydrogen-bond acceptors (Lipinski definition) is 2. The minimum atomic E-state index is -0.499. The van der Waals surface area contributed by atoms with Crippen LogP contribution in [0.4, 0.5) is 10.5 Å². The number of ether oxygens (including phenoxy) is 1. The highest BCUT2D eigenvalue weighted by Crippen LogP contribution is 2.58. The number of fused-ring (bicyclic) bond motifs is 7. The van der Waals surface area contributed by atoms with Crippen molar-refractivity contribution in [1.82, 2.24) is 0 Å². The molecule has 0 N–H and O–H groups in total. The Morgan fingerprint density at radius 1 is 1.27 bits per heavy atom. The third kappa shape index (κ3) is 1.98. The van der Waals surface area contributed by atoms with Gasteiger partial charge in [-0.1, -0.05) is 29.8 Å². The molecular weight excluding hydrogens is 298 g/mol. The van der Waals surface area contributed by atoms with Crippen LogP contribution in [-0.4, -0.2) is 17.7 Å². The molecule has 22 heavy (non-hydrogen) atoms. The summed E-state index contributed by atoms with van der Waals surface area (Å²) in [6.45, 7) is 5.70. The maximum Gasteiger partial charge on any atom is 0.415 e. The number of carbonyl (C=O) groups excluding carboxylic acids is 1. The minimum Gasteiger partial charge on any atom is -0.443 e. The smallest absolute Gasteiger partial charge is 0.415 e. The van der Waals surface area contributed by atoms with Gasteiger partial charge >= 0.3 is 6.09 Å². The molecule has 1 aromatic rings. The van der Waals surface area contributed by atoms with Gasteiger partial charge in [-0.05, 0) is 56.7 Å². The van der Waals surface area contributed by atoms with E-state index in [1.54, 1.807) is 0 Å². The Morgan fingerprint density at radius 3 is 2.73 bits per heavy atom. The van der Waals surface area contributed by atoms with E-state index in [9.17, 15) is 4.79 Å². The van der Waals surface area contributed by atoms with Gasteiger partial charge in [-0.3, -0.25) is 4.90 Å². The second-order valence-electron chi connectivity index (χ2n) is 7.52. The van der Waals surface area contributed by atoms with E-state index in [0.717, 1.165) is 12.1 Å². The second-order valence-corrected chi connectivity index (χ2v) is 7.95. The number of allylic oxidation sites excluding steroid dienone is 1. The largest absolute Gasteiger partial charge is 0.443 e. The summed E-state index contributed by atoms with van der Waals surface area (Å²) in [5, 5.41) is 0.660. The van der Waals surface area contributed by atoms with E-state index in [-0.39, 0.29) is 12.1 Å². The first-order valence-electron chi connectivity index (χ1n) is 7.85. The molecular formula is C18H20ClNO2. The molecule has 1 fully saturated rings. The summed E-state index contributed by atoms with van der Waals surface area (Å²) in [6, 6.07) is 6.08. The number of benzene rings is 1. The number of anilines is 1. The van der Waals surface area contributed by atoms with Gasteiger partial charge in [-0.25, -0.2) is 4.79 Å². The highest BCUT2D eigenvalue weighted by molar-refractivity contribution is 6.31. The van der Waals surface area contributed by atoms with E-state index < -0.39 is 5.60 Å². The van der Waals surface area contributed by atoms with Crippen molar-refractivity contribution < 1.29 is 9.53 Å². The monoisotopic (exact) mass is 317 g/mol. The van der Waals surface area contributed by atoms with Gasteiger partial charge in [0.15, 0.2) is 0 Å². The Balaban J connectivity index is 1.78. The first-order valence-corrected chi connectivity index (χ1v) is 8.23. The summed E-state index contributed by atoms with van der Waals surface area (Å²) in [6.07, 6.45) is 5.44. The average molecular weight is 318 g/mol. The lowest BCUT2D eigenvalue weighted by Crippen LogP contribution is -2.44. The van der Waals surface area contributed by atoms with Crippen LogP contribution in [0.5, 0.6) is 0 Å². The molecule has 4 rings (SSSR count). The number of amides is 1. The highest BCUT2D eigenvalue weighted by atomic mass is 35.5. The molecule has 4 heteroatoms. The summed E-state index contributed by atoms with van der Waals surface area (Å²) in [4.78, 5) is 14.6. The fourth-order valence-electron chi connectivity index (χ4n) is 4.26. The summed E-state index contributed by atoms with van der Waals surface area (Å²) in [7, 11) is 0. The van der Waals surface area contributed by atoms with Crippen LogP contribution in [-0.2, 0) is 4.74 Å². The quantitative estimate of drug-likeness (QED) is 0.646. The number of rotatable bonds is 0. The van der Waals surface area contributed by atoms with Crippen LogP contribution in [0.15, 0.2) is 30.4 Å². The lowest BCUT2D eigenvalue weighted by atomic mass is 9.86. The molecule has 1 amide bonds. The summed E-state index contributed by atoms with van der Waals surface area (Å²) < 4.78 is 5.65. The number of nitrogens with zero attached hydrogens (tertiary/aromatic N) is 1. The average Bonchev–Trinajstić information content (AvgIpc) is 3.05. The number of hydrogen-bond donors (Lipinski definition) is 0. The van der Waals surface area contributed by atoms with E-state index in [0.29, 0.717) is 22.8 Å². The van der Waals surface area contributed by atoms with Crippen LogP contribution in [0.25, 0.3) is 0 Å². The zero-order valence-corrected chi connectivity index (χ0v) is 13.8. The van der Waals surface area contributed by atoms with Crippen molar-refractivity contribution in [2.24, 2.45) is 11.8 Å². The molecule has 0 aromatic heterocycles. The van der Waals surface area contributed by atoms with Crippen molar-refractivity contribution in [3.8, 4) is 0 Å².